The number of fused-ring (bicyclic) bond motifs is 3. The van der Waals surface area contributed by atoms with Gasteiger partial charge < -0.3 is 9.32 Å². The van der Waals surface area contributed by atoms with Crippen molar-refractivity contribution in [1.82, 2.24) is 15.5 Å². The topological polar surface area (TPSA) is 105 Å². The second-order valence-electron chi connectivity index (χ2n) is 7.58. The first kappa shape index (κ1) is 16.2. The zero-order chi connectivity index (χ0) is 18.5. The molecule has 0 bridgehead atoms. The van der Waals surface area contributed by atoms with E-state index >= 15 is 0 Å². The lowest BCUT2D eigenvalue weighted by Crippen LogP contribution is -2.39. The molecular weight excluding hydrogens is 346 g/mol. The third-order valence-electron chi connectivity index (χ3n) is 6.01. The van der Waals surface area contributed by atoms with Gasteiger partial charge >= 0.3 is 0 Å². The summed E-state index contributed by atoms with van der Waals surface area (Å²) in [7, 11) is 0. The van der Waals surface area contributed by atoms with Crippen molar-refractivity contribution < 1.29 is 18.9 Å². The van der Waals surface area contributed by atoms with Crippen molar-refractivity contribution in [2.24, 2.45) is 5.92 Å². The van der Waals surface area contributed by atoms with E-state index in [0.717, 1.165) is 53.0 Å². The predicted molar refractivity (Wildman–Crippen MR) is 97.1 cm³/mol. The zero-order valence-electron chi connectivity index (χ0n) is 14.7. The quantitative estimate of drug-likeness (QED) is 0.548. The number of amides is 2. The third kappa shape index (κ3) is 2.49. The summed E-state index contributed by atoms with van der Waals surface area (Å²) in [6.07, 6.45) is 6.16. The molecular formula is C20H19N3O4. The Hall–Kier alpha value is -2.96. The predicted octanol–water partition coefficient (Wildman–Crippen LogP) is 2.91. The Morgan fingerprint density at radius 1 is 1.22 bits per heavy atom. The van der Waals surface area contributed by atoms with Crippen LogP contribution in [0.15, 0.2) is 22.9 Å². The summed E-state index contributed by atoms with van der Waals surface area (Å²) in [6.45, 7) is 0. The molecule has 138 valence electrons. The van der Waals surface area contributed by atoms with Crippen LogP contribution in [0, 0.1) is 5.92 Å². The molecule has 27 heavy (non-hydrogen) atoms. The fraction of sp³-hybridized carbons (Fsp3) is 0.400. The van der Waals surface area contributed by atoms with Gasteiger partial charge in [-0.3, -0.25) is 19.9 Å². The highest BCUT2D eigenvalue weighted by Gasteiger charge is 2.34. The number of piperidine rings is 1. The van der Waals surface area contributed by atoms with E-state index in [2.05, 4.69) is 15.5 Å². The Morgan fingerprint density at radius 2 is 2.11 bits per heavy atom. The van der Waals surface area contributed by atoms with Crippen LogP contribution in [0.25, 0.3) is 21.9 Å². The van der Waals surface area contributed by atoms with Gasteiger partial charge in [0.15, 0.2) is 5.58 Å². The summed E-state index contributed by atoms with van der Waals surface area (Å²) in [6, 6.07) is 3.96. The molecule has 2 aliphatic rings. The van der Waals surface area contributed by atoms with Gasteiger partial charge in [0.2, 0.25) is 11.8 Å². The van der Waals surface area contributed by atoms with Gasteiger partial charge in [-0.1, -0.05) is 0 Å². The molecule has 2 unspecified atom stereocenters. The summed E-state index contributed by atoms with van der Waals surface area (Å²) in [4.78, 5) is 39.5. The maximum Gasteiger partial charge on any atom is 0.235 e. The van der Waals surface area contributed by atoms with Crippen molar-refractivity contribution in [3.8, 4) is 0 Å². The van der Waals surface area contributed by atoms with E-state index in [0.29, 0.717) is 18.5 Å². The number of carbonyl (C=O) groups excluding carboxylic acids is 3. The average molecular weight is 365 g/mol. The molecule has 1 aliphatic heterocycles. The van der Waals surface area contributed by atoms with E-state index < -0.39 is 5.92 Å². The second kappa shape index (κ2) is 6.04. The van der Waals surface area contributed by atoms with E-state index in [1.165, 1.54) is 0 Å². The Balaban J connectivity index is 1.68. The van der Waals surface area contributed by atoms with Gasteiger partial charge in [-0.25, -0.2) is 5.16 Å². The number of carbonyl (C=O) groups is 3. The Bertz CT molecular complexity index is 1080. The molecule has 7 heteroatoms. The van der Waals surface area contributed by atoms with Crippen LogP contribution >= 0.6 is 0 Å². The van der Waals surface area contributed by atoms with E-state index in [1.807, 2.05) is 12.1 Å². The highest BCUT2D eigenvalue weighted by molar-refractivity contribution is 6.10. The summed E-state index contributed by atoms with van der Waals surface area (Å²) >= 11 is 0. The van der Waals surface area contributed by atoms with Gasteiger partial charge in [-0.2, -0.15) is 0 Å². The maximum absolute atomic E-state index is 12.4. The lowest BCUT2D eigenvalue weighted by atomic mass is 9.89. The van der Waals surface area contributed by atoms with Crippen molar-refractivity contribution in [2.45, 2.75) is 43.9 Å². The van der Waals surface area contributed by atoms with Crippen LogP contribution in [-0.4, -0.2) is 28.2 Å². The molecule has 7 nitrogen and oxygen atoms in total. The number of aromatic amines is 1. The average Bonchev–Trinajstić information content (AvgIpc) is 3.39. The normalized spacial score (nSPS) is 26.0. The SMILES string of the molecule is O=C[C@@H]1CCC(c2cc3nccc3c3c(C4CCC(=O)NC4=O)[nH]oc23)C1. The largest absolute Gasteiger partial charge is 0.381 e. The Morgan fingerprint density at radius 3 is 2.89 bits per heavy atom. The number of aromatic nitrogens is 2. The lowest BCUT2D eigenvalue weighted by molar-refractivity contribution is -0.134. The molecule has 3 atom stereocenters. The van der Waals surface area contributed by atoms with E-state index in [1.54, 1.807) is 6.20 Å². The highest BCUT2D eigenvalue weighted by Crippen LogP contribution is 2.44. The van der Waals surface area contributed by atoms with Crippen LogP contribution < -0.4 is 5.32 Å². The maximum atomic E-state index is 12.4. The molecule has 0 spiro atoms. The summed E-state index contributed by atoms with van der Waals surface area (Å²) in [5, 5.41) is 7.17. The lowest BCUT2D eigenvalue weighted by Gasteiger charge is -2.19. The minimum absolute atomic E-state index is 0.0851. The van der Waals surface area contributed by atoms with Gasteiger partial charge in [-0.05, 0) is 43.7 Å². The minimum atomic E-state index is -0.455. The number of rotatable bonds is 3. The van der Waals surface area contributed by atoms with Crippen molar-refractivity contribution in [1.29, 1.82) is 0 Å². The van der Waals surface area contributed by atoms with Gasteiger partial charge in [-0.15, -0.1) is 0 Å². The molecule has 2 aromatic heterocycles. The van der Waals surface area contributed by atoms with Crippen LogP contribution in [-0.2, 0) is 14.4 Å². The van der Waals surface area contributed by atoms with Gasteiger partial charge in [0.25, 0.3) is 0 Å². The number of nitrogens with one attached hydrogen (secondary N) is 2. The van der Waals surface area contributed by atoms with E-state index in [9.17, 15) is 14.4 Å². The molecule has 1 saturated heterocycles. The van der Waals surface area contributed by atoms with Crippen molar-refractivity contribution in [3.63, 3.8) is 0 Å². The van der Waals surface area contributed by atoms with Crippen LogP contribution in [0.5, 0.6) is 0 Å². The summed E-state index contributed by atoms with van der Waals surface area (Å²) in [5.41, 5.74) is 3.32. The fourth-order valence-electron chi connectivity index (χ4n) is 4.63. The zero-order valence-corrected chi connectivity index (χ0v) is 14.7. The molecule has 0 radical (unpaired) electrons. The minimum Gasteiger partial charge on any atom is -0.381 e. The molecule has 1 aromatic carbocycles. The van der Waals surface area contributed by atoms with Crippen LogP contribution in [0.3, 0.4) is 0 Å². The summed E-state index contributed by atoms with van der Waals surface area (Å²) in [5.74, 6) is -0.677. The number of hydrogen-bond acceptors (Lipinski definition) is 5. The number of H-pyrrole nitrogens is 1. The summed E-state index contributed by atoms with van der Waals surface area (Å²) < 4.78 is 5.86. The van der Waals surface area contributed by atoms with Gasteiger partial charge in [0.05, 0.1) is 22.5 Å². The molecule has 1 aliphatic carbocycles. The standard InChI is InChI=1S/C20H19N3O4/c24-9-10-1-2-11(7-10)14-8-15-12(5-6-21-15)17-18(23-27-19(14)17)13-3-4-16(25)22-20(13)26/h5-6,8-11,13,23H,1-4,7H2,(H,22,25,26)/t10-,11?,13?/m1/s1. The number of aldehydes is 1. The number of imide groups is 1. The highest BCUT2D eigenvalue weighted by atomic mass is 16.5. The number of nitrogens with zero attached hydrogens (tertiary/aromatic N) is 1. The first-order valence-electron chi connectivity index (χ1n) is 9.33. The van der Waals surface area contributed by atoms with E-state index in [-0.39, 0.29) is 23.7 Å². The Kier molecular flexibility index (Phi) is 3.63. The van der Waals surface area contributed by atoms with Crippen molar-refractivity contribution in [2.75, 3.05) is 0 Å². The first-order chi connectivity index (χ1) is 13.2. The van der Waals surface area contributed by atoms with Crippen molar-refractivity contribution >= 4 is 40.0 Å². The molecule has 3 heterocycles. The molecule has 3 aromatic rings. The van der Waals surface area contributed by atoms with Crippen molar-refractivity contribution in [3.05, 3.63) is 29.6 Å². The van der Waals surface area contributed by atoms with Gasteiger partial charge in [0, 0.05) is 29.5 Å². The van der Waals surface area contributed by atoms with E-state index in [4.69, 9.17) is 4.52 Å². The van der Waals surface area contributed by atoms with Crippen LogP contribution in [0.1, 0.15) is 55.2 Å². The Labute approximate surface area is 154 Å². The molecule has 2 amide bonds. The van der Waals surface area contributed by atoms with Gasteiger partial charge in [0.1, 0.15) is 6.29 Å². The molecule has 2 fully saturated rings. The number of hydrogen-bond donors (Lipinski definition) is 2. The monoisotopic (exact) mass is 365 g/mol. The molecule has 1 saturated carbocycles. The second-order valence-corrected chi connectivity index (χ2v) is 7.58. The number of benzene rings is 1. The first-order valence-corrected chi connectivity index (χ1v) is 9.33. The molecule has 2 N–H and O–H groups in total. The smallest absolute Gasteiger partial charge is 0.235 e. The van der Waals surface area contributed by atoms with Crippen LogP contribution in [0.2, 0.25) is 0 Å². The third-order valence-corrected chi connectivity index (χ3v) is 6.01. The van der Waals surface area contributed by atoms with Crippen LogP contribution in [0.4, 0.5) is 0 Å². The molecule has 5 rings (SSSR count). The fourth-order valence-corrected chi connectivity index (χ4v) is 4.63.